The van der Waals surface area contributed by atoms with Crippen LogP contribution in [0.1, 0.15) is 67.0 Å². The first-order valence-electron chi connectivity index (χ1n) is 14.1. The van der Waals surface area contributed by atoms with E-state index in [2.05, 4.69) is 32.5 Å². The molecule has 10 heteroatoms. The van der Waals surface area contributed by atoms with Crippen molar-refractivity contribution in [3.05, 3.63) is 82.4 Å². The number of nitrogens with one attached hydrogen (secondary N) is 1. The van der Waals surface area contributed by atoms with Crippen molar-refractivity contribution in [3.8, 4) is 17.2 Å². The van der Waals surface area contributed by atoms with Gasteiger partial charge in [-0.3, -0.25) is 9.68 Å². The fourth-order valence-corrected chi connectivity index (χ4v) is 6.98. The highest BCUT2D eigenvalue weighted by molar-refractivity contribution is 7.87. The van der Waals surface area contributed by atoms with Gasteiger partial charge in [-0.05, 0) is 86.3 Å². The Morgan fingerprint density at radius 1 is 1.05 bits per heavy atom. The smallest absolute Gasteiger partial charge is 0.339 e. The molecule has 9 nitrogen and oxygen atoms in total. The number of rotatable bonds is 9. The van der Waals surface area contributed by atoms with Crippen molar-refractivity contribution < 1.29 is 31.7 Å². The number of aryl methyl sites for hydroxylation is 2. The third kappa shape index (κ3) is 5.38. The van der Waals surface area contributed by atoms with Gasteiger partial charge in [0.1, 0.15) is 29.1 Å². The molecule has 0 radical (unpaired) electrons. The summed E-state index contributed by atoms with van der Waals surface area (Å²) < 4.78 is 44.4. The third-order valence-corrected chi connectivity index (χ3v) is 10.2. The van der Waals surface area contributed by atoms with Crippen molar-refractivity contribution in [2.45, 2.75) is 70.0 Å². The highest BCUT2D eigenvalue weighted by Crippen LogP contribution is 2.54. The van der Waals surface area contributed by atoms with Gasteiger partial charge >= 0.3 is 10.1 Å². The largest absolute Gasteiger partial charge is 0.497 e. The van der Waals surface area contributed by atoms with Gasteiger partial charge < -0.3 is 19.8 Å². The van der Waals surface area contributed by atoms with E-state index < -0.39 is 21.8 Å². The average molecular weight is 597 g/mol. The van der Waals surface area contributed by atoms with Crippen molar-refractivity contribution in [1.82, 2.24) is 11.8 Å². The van der Waals surface area contributed by atoms with Crippen molar-refractivity contribution in [1.29, 1.82) is 0 Å². The quantitative estimate of drug-likeness (QED) is 0.270. The molecular formula is C32H40N2O7S. The molecule has 0 bridgehead atoms. The van der Waals surface area contributed by atoms with Crippen molar-refractivity contribution in [2.24, 2.45) is 11.3 Å². The minimum Gasteiger partial charge on any atom is -0.497 e. The zero-order chi connectivity index (χ0) is 29.0. The monoisotopic (exact) mass is 596 g/mol. The van der Waals surface area contributed by atoms with E-state index in [1.807, 2.05) is 13.0 Å². The van der Waals surface area contributed by atoms with Crippen LogP contribution in [0.5, 0.6) is 17.2 Å². The van der Waals surface area contributed by atoms with Crippen LogP contribution in [0.3, 0.4) is 0 Å². The molecule has 2 heterocycles. The Labute approximate surface area is 248 Å². The highest BCUT2D eigenvalue weighted by atomic mass is 32.2. The topological polar surface area (TPSA) is 127 Å². The maximum atomic E-state index is 13.3. The van der Waals surface area contributed by atoms with Crippen molar-refractivity contribution in [3.63, 3.8) is 0 Å². The number of fused-ring (bicyclic) bond motifs is 3. The lowest BCUT2D eigenvalue weighted by molar-refractivity contribution is -0.127. The number of hydrogen-bond donors (Lipinski definition) is 2. The standard InChI is InChI=1S/C32H37NO7S.H3N/c1-20-6-12-24(13-7-20)41(34,35)39-28-18-23(36-5)11-15-27(28)32-19-37-29-25(16-17-31(3,4)22-9-10-22)21(2)8-14-26(29)30(32)38-33-40-32;/h6-8,11-15,18,22,30,33H,9-10,16-17,19H2,1-5H3;1H3. The second-order valence-corrected chi connectivity index (χ2v) is 13.7. The summed E-state index contributed by atoms with van der Waals surface area (Å²) in [5.74, 6) is 2.12. The van der Waals surface area contributed by atoms with Crippen LogP contribution in [0.25, 0.3) is 0 Å². The van der Waals surface area contributed by atoms with Crippen LogP contribution in [0, 0.1) is 25.2 Å². The molecule has 1 saturated carbocycles. The minimum absolute atomic E-state index is 0. The molecular weight excluding hydrogens is 556 g/mol. The fraction of sp³-hybridized carbons (Fsp3) is 0.438. The summed E-state index contributed by atoms with van der Waals surface area (Å²) in [5, 5.41) is 0. The van der Waals surface area contributed by atoms with E-state index in [1.165, 1.54) is 43.2 Å². The molecule has 4 N–H and O–H groups in total. The van der Waals surface area contributed by atoms with E-state index in [1.54, 1.807) is 30.3 Å². The zero-order valence-corrected chi connectivity index (χ0v) is 25.7. The highest BCUT2D eigenvalue weighted by Gasteiger charge is 2.56. The van der Waals surface area contributed by atoms with Gasteiger partial charge in [0.05, 0.1) is 7.11 Å². The van der Waals surface area contributed by atoms with Crippen LogP contribution in [0.4, 0.5) is 0 Å². The zero-order valence-electron chi connectivity index (χ0n) is 24.9. The first-order valence-corrected chi connectivity index (χ1v) is 15.5. The fourth-order valence-electron chi connectivity index (χ4n) is 6.04. The number of ether oxygens (including phenoxy) is 2. The molecule has 2 atom stereocenters. The molecule has 0 aromatic heterocycles. The van der Waals surface area contributed by atoms with Gasteiger partial charge in [-0.25, -0.2) is 0 Å². The van der Waals surface area contributed by atoms with Crippen LogP contribution in [0.2, 0.25) is 0 Å². The Kier molecular flexibility index (Phi) is 8.06. The van der Waals surface area contributed by atoms with Crippen LogP contribution in [-0.4, -0.2) is 22.1 Å². The summed E-state index contributed by atoms with van der Waals surface area (Å²) in [6.07, 6.45) is 3.97. The van der Waals surface area contributed by atoms with Gasteiger partial charge in [0, 0.05) is 17.2 Å². The number of hydrogen-bond acceptors (Lipinski definition) is 9. The maximum absolute atomic E-state index is 13.3. The molecule has 1 aliphatic carbocycles. The second kappa shape index (κ2) is 11.2. The first-order chi connectivity index (χ1) is 19.5. The molecule has 226 valence electrons. The molecule has 6 rings (SSSR count). The molecule has 3 aromatic rings. The molecule has 3 aliphatic rings. The van der Waals surface area contributed by atoms with Gasteiger partial charge in [-0.1, -0.05) is 49.3 Å². The minimum atomic E-state index is -4.16. The van der Waals surface area contributed by atoms with Gasteiger partial charge in [0.2, 0.25) is 0 Å². The van der Waals surface area contributed by atoms with E-state index in [0.717, 1.165) is 35.6 Å². The van der Waals surface area contributed by atoms with Crippen LogP contribution < -0.4 is 25.5 Å². The molecule has 2 aliphatic heterocycles. The summed E-state index contributed by atoms with van der Waals surface area (Å²) in [6, 6.07) is 15.6. The number of benzene rings is 3. The lowest BCUT2D eigenvalue weighted by Gasteiger charge is -2.38. The van der Waals surface area contributed by atoms with E-state index >= 15 is 0 Å². The van der Waals surface area contributed by atoms with Crippen molar-refractivity contribution in [2.75, 3.05) is 13.7 Å². The third-order valence-electron chi connectivity index (χ3n) is 8.91. The van der Waals surface area contributed by atoms with E-state index in [0.29, 0.717) is 11.3 Å². The maximum Gasteiger partial charge on any atom is 0.339 e. The summed E-state index contributed by atoms with van der Waals surface area (Å²) in [6.45, 7) is 8.81. The molecule has 0 amide bonds. The van der Waals surface area contributed by atoms with Crippen molar-refractivity contribution >= 4 is 10.1 Å². The predicted molar refractivity (Wildman–Crippen MR) is 158 cm³/mol. The summed E-state index contributed by atoms with van der Waals surface area (Å²) >= 11 is 0. The Bertz CT molecular complexity index is 1570. The van der Waals surface area contributed by atoms with Gasteiger partial charge in [0.15, 0.2) is 11.4 Å². The molecule has 42 heavy (non-hydrogen) atoms. The van der Waals surface area contributed by atoms with E-state index in [4.69, 9.17) is 23.3 Å². The Hall–Kier alpha value is -3.15. The Morgan fingerprint density at radius 2 is 1.79 bits per heavy atom. The van der Waals surface area contributed by atoms with E-state index in [9.17, 15) is 8.42 Å². The lowest BCUT2D eigenvalue weighted by atomic mass is 9.78. The van der Waals surface area contributed by atoms with Crippen LogP contribution in [-0.2, 0) is 31.8 Å². The molecule has 2 unspecified atom stereocenters. The van der Waals surface area contributed by atoms with Crippen LogP contribution in [0.15, 0.2) is 59.5 Å². The molecule has 0 spiro atoms. The van der Waals surface area contributed by atoms with Gasteiger partial charge in [-0.2, -0.15) is 8.42 Å². The van der Waals surface area contributed by atoms with Gasteiger partial charge in [0.25, 0.3) is 0 Å². The van der Waals surface area contributed by atoms with Gasteiger partial charge in [-0.15, -0.1) is 0 Å². The summed E-state index contributed by atoms with van der Waals surface area (Å²) in [5.41, 5.74) is 6.26. The summed E-state index contributed by atoms with van der Waals surface area (Å²) in [7, 11) is -2.64. The molecule has 2 fully saturated rings. The first kappa shape index (κ1) is 30.3. The lowest BCUT2D eigenvalue weighted by Crippen LogP contribution is -2.42. The Balaban J connectivity index is 0.00000353. The molecule has 3 aromatic carbocycles. The van der Waals surface area contributed by atoms with Crippen LogP contribution >= 0.6 is 0 Å². The SMILES string of the molecule is COc1ccc(C23COc4c(ccc(C)c4CCC(C)(C)C4CC4)C2ONO3)c(OS(=O)(=O)c2ccc(C)cc2)c1.N. The average Bonchev–Trinajstić information content (AvgIpc) is 3.72. The van der Waals surface area contributed by atoms with E-state index in [-0.39, 0.29) is 28.8 Å². The molecule has 1 saturated heterocycles. The summed E-state index contributed by atoms with van der Waals surface area (Å²) in [4.78, 5) is 12.1. The Morgan fingerprint density at radius 3 is 2.48 bits per heavy atom. The second-order valence-electron chi connectivity index (χ2n) is 12.1. The number of methoxy groups -OCH3 is 1. The normalized spacial score (nSPS) is 21.5. The predicted octanol–water partition coefficient (Wildman–Crippen LogP) is 6.41.